The van der Waals surface area contributed by atoms with Crippen LogP contribution in [0.5, 0.6) is 5.75 Å². The van der Waals surface area contributed by atoms with E-state index in [1.54, 1.807) is 0 Å². The molecule has 0 aliphatic carbocycles. The Bertz CT molecular complexity index is 957. The maximum atomic E-state index is 12.0. The predicted octanol–water partition coefficient (Wildman–Crippen LogP) is 4.53. The largest absolute Gasteiger partial charge is 0.484 e. The molecule has 2 aromatic carbocycles. The quantitative estimate of drug-likeness (QED) is 0.481. The number of hydrogen-bond acceptors (Lipinski definition) is 6. The normalized spacial score (nSPS) is 10.9. The van der Waals surface area contributed by atoms with Gasteiger partial charge in [0.05, 0.1) is 5.75 Å². The minimum Gasteiger partial charge on any atom is -0.484 e. The van der Waals surface area contributed by atoms with Crippen molar-refractivity contribution in [2.45, 2.75) is 44.9 Å². The Morgan fingerprint density at radius 3 is 2.73 bits per heavy atom. The molecule has 0 saturated carbocycles. The second kappa shape index (κ2) is 10.8. The minimum absolute atomic E-state index is 0.0618. The van der Waals surface area contributed by atoms with Gasteiger partial charge in [-0.3, -0.25) is 4.79 Å². The Labute approximate surface area is 181 Å². The number of hydrogen-bond donors (Lipinski definition) is 1. The number of nitrogens with zero attached hydrogens (tertiary/aromatic N) is 2. The summed E-state index contributed by atoms with van der Waals surface area (Å²) in [5.74, 6) is 1.74. The summed E-state index contributed by atoms with van der Waals surface area (Å²) < 4.78 is 11.5. The molecule has 0 fully saturated rings. The van der Waals surface area contributed by atoms with Crippen molar-refractivity contribution in [2.24, 2.45) is 0 Å². The fraction of sp³-hybridized carbons (Fsp3) is 0.348. The average molecular weight is 426 g/mol. The second-order valence-corrected chi connectivity index (χ2v) is 8.25. The summed E-state index contributed by atoms with van der Waals surface area (Å²) in [5, 5.41) is 11.3. The van der Waals surface area contributed by atoms with Crippen molar-refractivity contribution in [3.05, 3.63) is 71.1 Å². The molecule has 3 rings (SSSR count). The van der Waals surface area contributed by atoms with Crippen LogP contribution in [0.4, 0.5) is 0 Å². The lowest BCUT2D eigenvalue weighted by molar-refractivity contribution is -0.118. The van der Waals surface area contributed by atoms with E-state index < -0.39 is 0 Å². The average Bonchev–Trinajstić information content (AvgIpc) is 3.19. The van der Waals surface area contributed by atoms with E-state index in [0.29, 0.717) is 23.6 Å². The molecular weight excluding hydrogens is 398 g/mol. The van der Waals surface area contributed by atoms with E-state index in [-0.39, 0.29) is 18.3 Å². The Kier molecular flexibility index (Phi) is 7.90. The lowest BCUT2D eigenvalue weighted by Crippen LogP contribution is -2.27. The molecule has 0 aliphatic heterocycles. The molecule has 1 N–H and O–H groups in total. The first-order chi connectivity index (χ1) is 14.5. The van der Waals surface area contributed by atoms with E-state index in [4.69, 9.17) is 9.15 Å². The molecule has 1 aromatic heterocycles. The summed E-state index contributed by atoms with van der Waals surface area (Å²) >= 11 is 1.22. The third kappa shape index (κ3) is 6.62. The Morgan fingerprint density at radius 2 is 1.97 bits per heavy atom. The van der Waals surface area contributed by atoms with E-state index in [0.717, 1.165) is 23.3 Å². The number of carbonyl (C=O) groups is 1. The number of aromatic nitrogens is 2. The van der Waals surface area contributed by atoms with Crippen LogP contribution in [0, 0.1) is 6.92 Å². The highest BCUT2D eigenvalue weighted by Gasteiger charge is 2.12. The van der Waals surface area contributed by atoms with Crippen molar-refractivity contribution in [3.8, 4) is 5.75 Å². The maximum Gasteiger partial charge on any atom is 0.277 e. The first kappa shape index (κ1) is 21.9. The standard InChI is InChI=1S/C23H27N3O3S/c1-16(2)19-10-9-17(3)13-20(19)28-14-22-25-26-23(29-22)30-15-21(27)24-12-11-18-7-5-4-6-8-18/h4-10,13,16H,11-12,14-15H2,1-3H3,(H,24,27). The van der Waals surface area contributed by atoms with Gasteiger partial charge in [-0.15, -0.1) is 10.2 Å². The van der Waals surface area contributed by atoms with E-state index >= 15 is 0 Å². The summed E-state index contributed by atoms with van der Waals surface area (Å²) in [6.07, 6.45) is 0.802. The van der Waals surface area contributed by atoms with Crippen LogP contribution in [0.3, 0.4) is 0 Å². The molecule has 0 atom stereocenters. The molecule has 0 aliphatic rings. The van der Waals surface area contributed by atoms with Gasteiger partial charge in [0.2, 0.25) is 5.91 Å². The molecule has 0 saturated heterocycles. The fourth-order valence-corrected chi connectivity index (χ4v) is 3.52. The zero-order chi connectivity index (χ0) is 21.3. The molecule has 1 amide bonds. The summed E-state index contributed by atoms with van der Waals surface area (Å²) in [4.78, 5) is 12.0. The van der Waals surface area contributed by atoms with Crippen molar-refractivity contribution >= 4 is 17.7 Å². The van der Waals surface area contributed by atoms with Gasteiger partial charge in [-0.2, -0.15) is 0 Å². The highest BCUT2D eigenvalue weighted by Crippen LogP contribution is 2.28. The van der Waals surface area contributed by atoms with Gasteiger partial charge in [0, 0.05) is 6.54 Å². The molecule has 0 bridgehead atoms. The van der Waals surface area contributed by atoms with E-state index in [1.165, 1.54) is 17.3 Å². The highest BCUT2D eigenvalue weighted by molar-refractivity contribution is 7.99. The molecule has 7 heteroatoms. The first-order valence-corrected chi connectivity index (χ1v) is 11.0. The number of nitrogens with one attached hydrogen (secondary N) is 1. The highest BCUT2D eigenvalue weighted by atomic mass is 32.2. The fourth-order valence-electron chi connectivity index (χ4n) is 2.91. The second-order valence-electron chi connectivity index (χ2n) is 7.32. The van der Waals surface area contributed by atoms with Crippen molar-refractivity contribution in [1.29, 1.82) is 0 Å². The number of thioether (sulfide) groups is 1. The predicted molar refractivity (Wildman–Crippen MR) is 118 cm³/mol. The Morgan fingerprint density at radius 1 is 1.17 bits per heavy atom. The zero-order valence-electron chi connectivity index (χ0n) is 17.6. The van der Waals surface area contributed by atoms with Gasteiger partial charge in [0.25, 0.3) is 11.1 Å². The smallest absolute Gasteiger partial charge is 0.277 e. The number of amides is 1. The van der Waals surface area contributed by atoms with Crippen LogP contribution in [0.15, 0.2) is 58.2 Å². The van der Waals surface area contributed by atoms with Crippen LogP contribution in [-0.2, 0) is 17.8 Å². The van der Waals surface area contributed by atoms with Crippen molar-refractivity contribution in [1.82, 2.24) is 15.5 Å². The Balaban J connectivity index is 1.43. The van der Waals surface area contributed by atoms with Gasteiger partial charge < -0.3 is 14.5 Å². The third-order valence-corrected chi connectivity index (χ3v) is 5.31. The lowest BCUT2D eigenvalue weighted by Gasteiger charge is -2.13. The molecular formula is C23H27N3O3S. The molecule has 0 spiro atoms. The summed E-state index contributed by atoms with van der Waals surface area (Å²) in [7, 11) is 0. The number of ether oxygens (including phenoxy) is 1. The number of rotatable bonds is 10. The van der Waals surface area contributed by atoms with E-state index in [1.807, 2.05) is 43.3 Å². The first-order valence-electron chi connectivity index (χ1n) is 10.0. The number of aryl methyl sites for hydroxylation is 1. The number of carbonyl (C=O) groups excluding carboxylic acids is 1. The van der Waals surface area contributed by atoms with Crippen LogP contribution >= 0.6 is 11.8 Å². The molecule has 30 heavy (non-hydrogen) atoms. The summed E-state index contributed by atoms with van der Waals surface area (Å²) in [6, 6.07) is 16.2. The van der Waals surface area contributed by atoms with Gasteiger partial charge in [-0.25, -0.2) is 0 Å². The minimum atomic E-state index is -0.0618. The SMILES string of the molecule is Cc1ccc(C(C)C)c(OCc2nnc(SCC(=O)NCCc3ccccc3)o2)c1. The molecule has 1 heterocycles. The van der Waals surface area contributed by atoms with Gasteiger partial charge in [0.15, 0.2) is 6.61 Å². The summed E-state index contributed by atoms with van der Waals surface area (Å²) in [6.45, 7) is 7.08. The molecule has 158 valence electrons. The van der Waals surface area contributed by atoms with Gasteiger partial charge in [0.1, 0.15) is 5.75 Å². The molecule has 6 nitrogen and oxygen atoms in total. The van der Waals surface area contributed by atoms with E-state index in [2.05, 4.69) is 41.5 Å². The third-order valence-electron chi connectivity index (χ3n) is 4.50. The van der Waals surface area contributed by atoms with Crippen LogP contribution < -0.4 is 10.1 Å². The van der Waals surface area contributed by atoms with Crippen LogP contribution in [0.1, 0.15) is 42.3 Å². The molecule has 3 aromatic rings. The van der Waals surface area contributed by atoms with Crippen molar-refractivity contribution in [3.63, 3.8) is 0 Å². The zero-order valence-corrected chi connectivity index (χ0v) is 18.4. The summed E-state index contributed by atoms with van der Waals surface area (Å²) in [5.41, 5.74) is 3.47. The maximum absolute atomic E-state index is 12.0. The van der Waals surface area contributed by atoms with E-state index in [9.17, 15) is 4.79 Å². The van der Waals surface area contributed by atoms with Gasteiger partial charge >= 0.3 is 0 Å². The van der Waals surface area contributed by atoms with Crippen LogP contribution in [0.2, 0.25) is 0 Å². The number of benzene rings is 2. The van der Waals surface area contributed by atoms with Crippen molar-refractivity contribution in [2.75, 3.05) is 12.3 Å². The molecule has 0 unspecified atom stereocenters. The van der Waals surface area contributed by atoms with Gasteiger partial charge in [-0.1, -0.05) is 68.1 Å². The Hall–Kier alpha value is -2.80. The van der Waals surface area contributed by atoms with Crippen molar-refractivity contribution < 1.29 is 13.9 Å². The monoisotopic (exact) mass is 425 g/mol. The topological polar surface area (TPSA) is 77.2 Å². The molecule has 0 radical (unpaired) electrons. The van der Waals surface area contributed by atoms with Crippen LogP contribution in [0.25, 0.3) is 0 Å². The van der Waals surface area contributed by atoms with Gasteiger partial charge in [-0.05, 0) is 42.0 Å². The van der Waals surface area contributed by atoms with Crippen LogP contribution in [-0.4, -0.2) is 28.4 Å². The lowest BCUT2D eigenvalue weighted by atomic mass is 10.0.